The van der Waals surface area contributed by atoms with Crippen LogP contribution in [0, 0.1) is 0 Å². The van der Waals surface area contributed by atoms with Crippen molar-refractivity contribution in [3.8, 4) is 5.75 Å². The molecular weight excluding hydrogens is 290 g/mol. The highest BCUT2D eigenvalue weighted by Crippen LogP contribution is 2.44. The molecular formula is C19H15NO3. The van der Waals surface area contributed by atoms with E-state index in [0.29, 0.717) is 11.1 Å². The molecule has 0 fully saturated rings. The lowest BCUT2D eigenvalue weighted by atomic mass is 9.93. The SMILES string of the molecule is COc1cccc2[nH]c3c4c(c5c(c3c12)C(=O)CC5=O)CCC4. The number of methoxy groups -OCH3 is 1. The second-order valence-corrected chi connectivity index (χ2v) is 6.34. The molecule has 1 heterocycles. The monoisotopic (exact) mass is 305 g/mol. The minimum absolute atomic E-state index is 0.00269. The van der Waals surface area contributed by atoms with Crippen molar-refractivity contribution in [1.29, 1.82) is 0 Å². The van der Waals surface area contributed by atoms with Gasteiger partial charge in [-0.2, -0.15) is 0 Å². The second-order valence-electron chi connectivity index (χ2n) is 6.34. The highest BCUT2D eigenvalue weighted by molar-refractivity contribution is 6.33. The molecule has 2 aromatic carbocycles. The van der Waals surface area contributed by atoms with Crippen LogP contribution in [0.1, 0.15) is 44.7 Å². The average molecular weight is 305 g/mol. The summed E-state index contributed by atoms with van der Waals surface area (Å²) >= 11 is 0. The first kappa shape index (κ1) is 12.9. The Morgan fingerprint density at radius 3 is 2.61 bits per heavy atom. The predicted octanol–water partition coefficient (Wildman–Crippen LogP) is 3.59. The number of fused-ring (bicyclic) bond motifs is 8. The zero-order valence-electron chi connectivity index (χ0n) is 12.8. The first-order valence-corrected chi connectivity index (χ1v) is 7.93. The van der Waals surface area contributed by atoms with E-state index in [1.807, 2.05) is 18.2 Å². The molecule has 0 atom stereocenters. The van der Waals surface area contributed by atoms with Crippen LogP contribution in [0.15, 0.2) is 18.2 Å². The molecule has 0 radical (unpaired) electrons. The Morgan fingerprint density at radius 1 is 1.00 bits per heavy atom. The molecule has 0 aliphatic heterocycles. The molecule has 5 rings (SSSR count). The standard InChI is InChI=1S/C19H15NO3/c1-23-14-7-3-6-11-16(14)18-17-13(22)8-12(21)15(17)9-4-2-5-10(9)19(18)20-11/h3,6-7,20H,2,4-5,8H2,1H3. The van der Waals surface area contributed by atoms with Crippen molar-refractivity contribution in [1.82, 2.24) is 4.98 Å². The molecule has 0 spiro atoms. The second kappa shape index (κ2) is 4.22. The molecule has 0 amide bonds. The fourth-order valence-corrected chi connectivity index (χ4v) is 4.34. The van der Waals surface area contributed by atoms with E-state index in [4.69, 9.17) is 4.74 Å². The van der Waals surface area contributed by atoms with E-state index in [-0.39, 0.29) is 18.0 Å². The van der Waals surface area contributed by atoms with Crippen molar-refractivity contribution in [3.63, 3.8) is 0 Å². The molecule has 1 aromatic heterocycles. The van der Waals surface area contributed by atoms with Gasteiger partial charge in [0.1, 0.15) is 5.75 Å². The molecule has 3 aromatic rings. The lowest BCUT2D eigenvalue weighted by Gasteiger charge is -2.09. The first-order valence-electron chi connectivity index (χ1n) is 7.93. The van der Waals surface area contributed by atoms with E-state index < -0.39 is 0 Å². The van der Waals surface area contributed by atoms with Crippen LogP contribution in [0.3, 0.4) is 0 Å². The van der Waals surface area contributed by atoms with Crippen LogP contribution in [-0.2, 0) is 12.8 Å². The van der Waals surface area contributed by atoms with Crippen LogP contribution in [0.2, 0.25) is 0 Å². The maximum atomic E-state index is 12.6. The highest BCUT2D eigenvalue weighted by atomic mass is 16.5. The number of ketones is 2. The number of Topliss-reactive ketones (excluding diaryl/α,β-unsaturated/α-hetero) is 2. The summed E-state index contributed by atoms with van der Waals surface area (Å²) in [4.78, 5) is 28.5. The number of aryl methyl sites for hydroxylation is 1. The van der Waals surface area contributed by atoms with Gasteiger partial charge in [0, 0.05) is 16.5 Å². The topological polar surface area (TPSA) is 59.2 Å². The van der Waals surface area contributed by atoms with Gasteiger partial charge in [0.05, 0.1) is 30.0 Å². The van der Waals surface area contributed by atoms with E-state index in [2.05, 4.69) is 4.98 Å². The summed E-state index contributed by atoms with van der Waals surface area (Å²) in [5.74, 6) is 0.659. The zero-order chi connectivity index (χ0) is 15.7. The van der Waals surface area contributed by atoms with Crippen LogP contribution in [0.25, 0.3) is 21.8 Å². The first-order chi connectivity index (χ1) is 11.2. The lowest BCUT2D eigenvalue weighted by molar-refractivity contribution is 0.0923. The van der Waals surface area contributed by atoms with Crippen molar-refractivity contribution in [2.75, 3.05) is 7.11 Å². The maximum absolute atomic E-state index is 12.6. The molecule has 23 heavy (non-hydrogen) atoms. The number of rotatable bonds is 1. The fourth-order valence-electron chi connectivity index (χ4n) is 4.34. The molecule has 0 saturated heterocycles. The largest absolute Gasteiger partial charge is 0.496 e. The summed E-state index contributed by atoms with van der Waals surface area (Å²) in [7, 11) is 1.63. The number of H-pyrrole nitrogens is 1. The summed E-state index contributed by atoms with van der Waals surface area (Å²) in [6.07, 6.45) is 2.88. The van der Waals surface area contributed by atoms with Crippen LogP contribution in [-0.4, -0.2) is 23.7 Å². The van der Waals surface area contributed by atoms with Crippen LogP contribution < -0.4 is 4.74 Å². The van der Waals surface area contributed by atoms with Crippen molar-refractivity contribution < 1.29 is 14.3 Å². The summed E-state index contributed by atoms with van der Waals surface area (Å²) in [5.41, 5.74) is 5.56. The van der Waals surface area contributed by atoms with Crippen LogP contribution in [0.5, 0.6) is 5.75 Å². The van der Waals surface area contributed by atoms with Crippen molar-refractivity contribution in [3.05, 3.63) is 40.5 Å². The number of benzene rings is 2. The van der Waals surface area contributed by atoms with Gasteiger partial charge in [0.2, 0.25) is 0 Å². The van der Waals surface area contributed by atoms with Gasteiger partial charge in [-0.1, -0.05) is 6.07 Å². The summed E-state index contributed by atoms with van der Waals surface area (Å²) in [5, 5.41) is 1.79. The predicted molar refractivity (Wildman–Crippen MR) is 87.7 cm³/mol. The van der Waals surface area contributed by atoms with Gasteiger partial charge >= 0.3 is 0 Å². The third-order valence-electron chi connectivity index (χ3n) is 5.21. The minimum atomic E-state index is -0.0588. The number of carbonyl (C=O) groups is 2. The van der Waals surface area contributed by atoms with E-state index in [0.717, 1.165) is 52.4 Å². The molecule has 2 aliphatic carbocycles. The third-order valence-corrected chi connectivity index (χ3v) is 5.21. The molecule has 114 valence electrons. The summed E-state index contributed by atoms with van der Waals surface area (Å²) in [6.45, 7) is 0. The Balaban J connectivity index is 2.10. The zero-order valence-corrected chi connectivity index (χ0v) is 12.8. The van der Waals surface area contributed by atoms with Gasteiger partial charge in [0.15, 0.2) is 11.6 Å². The Morgan fingerprint density at radius 2 is 1.78 bits per heavy atom. The number of hydrogen-bond donors (Lipinski definition) is 1. The van der Waals surface area contributed by atoms with Gasteiger partial charge in [-0.15, -0.1) is 0 Å². The molecule has 1 N–H and O–H groups in total. The Kier molecular flexibility index (Phi) is 2.36. The van der Waals surface area contributed by atoms with Crippen LogP contribution in [0.4, 0.5) is 0 Å². The number of aromatic nitrogens is 1. The number of carbonyl (C=O) groups excluding carboxylic acids is 2. The van der Waals surface area contributed by atoms with Gasteiger partial charge in [-0.3, -0.25) is 9.59 Å². The molecule has 2 aliphatic rings. The van der Waals surface area contributed by atoms with E-state index in [9.17, 15) is 9.59 Å². The van der Waals surface area contributed by atoms with Gasteiger partial charge in [-0.05, 0) is 42.5 Å². The average Bonchev–Trinajstić information content (AvgIpc) is 3.22. The van der Waals surface area contributed by atoms with Crippen LogP contribution >= 0.6 is 0 Å². The van der Waals surface area contributed by atoms with Crippen molar-refractivity contribution in [2.45, 2.75) is 25.7 Å². The van der Waals surface area contributed by atoms with Crippen molar-refractivity contribution >= 4 is 33.4 Å². The third kappa shape index (κ3) is 1.46. The minimum Gasteiger partial charge on any atom is -0.496 e. The molecule has 4 heteroatoms. The number of hydrogen-bond acceptors (Lipinski definition) is 3. The quantitative estimate of drug-likeness (QED) is 0.699. The number of nitrogens with one attached hydrogen (secondary N) is 1. The number of aromatic amines is 1. The number of ether oxygens (including phenoxy) is 1. The lowest BCUT2D eigenvalue weighted by Crippen LogP contribution is -2.00. The molecule has 4 nitrogen and oxygen atoms in total. The maximum Gasteiger partial charge on any atom is 0.172 e. The normalized spacial score (nSPS) is 16.4. The molecule has 0 bridgehead atoms. The van der Waals surface area contributed by atoms with Gasteiger partial charge in [0.25, 0.3) is 0 Å². The Labute approximate surface area is 132 Å². The van der Waals surface area contributed by atoms with E-state index in [1.165, 1.54) is 5.56 Å². The fraction of sp³-hybridized carbons (Fsp3) is 0.263. The van der Waals surface area contributed by atoms with E-state index in [1.54, 1.807) is 7.11 Å². The molecule has 0 unspecified atom stereocenters. The Bertz CT molecular complexity index is 1040. The van der Waals surface area contributed by atoms with E-state index >= 15 is 0 Å². The van der Waals surface area contributed by atoms with Crippen molar-refractivity contribution in [2.24, 2.45) is 0 Å². The summed E-state index contributed by atoms with van der Waals surface area (Å²) in [6, 6.07) is 5.83. The highest BCUT2D eigenvalue weighted by Gasteiger charge is 2.36. The smallest absolute Gasteiger partial charge is 0.172 e. The van der Waals surface area contributed by atoms with Gasteiger partial charge in [-0.25, -0.2) is 0 Å². The van der Waals surface area contributed by atoms with Gasteiger partial charge < -0.3 is 9.72 Å². The molecule has 0 saturated carbocycles. The Hall–Kier alpha value is -2.62. The summed E-state index contributed by atoms with van der Waals surface area (Å²) < 4.78 is 5.52.